The lowest BCUT2D eigenvalue weighted by molar-refractivity contribution is -0.140. The van der Waals surface area contributed by atoms with E-state index in [0.29, 0.717) is 27.7 Å². The van der Waals surface area contributed by atoms with Gasteiger partial charge in [0, 0.05) is 35.1 Å². The van der Waals surface area contributed by atoms with E-state index in [2.05, 4.69) is 5.32 Å². The Morgan fingerprint density at radius 1 is 0.939 bits per heavy atom. The molecule has 33 heavy (non-hydrogen) atoms. The van der Waals surface area contributed by atoms with E-state index in [9.17, 15) is 14.0 Å². The first-order valence-corrected chi connectivity index (χ1v) is 11.4. The van der Waals surface area contributed by atoms with Gasteiger partial charge in [0.1, 0.15) is 11.9 Å². The highest BCUT2D eigenvalue weighted by Crippen LogP contribution is 2.26. The third-order valence-corrected chi connectivity index (χ3v) is 6.02. The first kappa shape index (κ1) is 24.7. The predicted molar refractivity (Wildman–Crippen MR) is 130 cm³/mol. The zero-order chi connectivity index (χ0) is 23.8. The molecule has 3 aromatic carbocycles. The average Bonchev–Trinajstić information content (AvgIpc) is 2.80. The van der Waals surface area contributed by atoms with Crippen molar-refractivity contribution >= 4 is 35.0 Å². The van der Waals surface area contributed by atoms with E-state index in [4.69, 9.17) is 23.2 Å². The van der Waals surface area contributed by atoms with E-state index in [0.717, 1.165) is 5.56 Å². The Morgan fingerprint density at radius 3 is 2.21 bits per heavy atom. The quantitative estimate of drug-likeness (QED) is 0.437. The van der Waals surface area contributed by atoms with Crippen LogP contribution in [0.1, 0.15) is 23.6 Å². The van der Waals surface area contributed by atoms with Crippen LogP contribution < -0.4 is 5.32 Å². The zero-order valence-corrected chi connectivity index (χ0v) is 19.7. The Bertz CT molecular complexity index is 1090. The van der Waals surface area contributed by atoms with Gasteiger partial charge in [0.2, 0.25) is 11.8 Å². The van der Waals surface area contributed by atoms with E-state index in [1.807, 2.05) is 37.3 Å². The normalized spacial score (nSPS) is 11.6. The second kappa shape index (κ2) is 11.8. The van der Waals surface area contributed by atoms with E-state index in [-0.39, 0.29) is 31.2 Å². The van der Waals surface area contributed by atoms with Crippen LogP contribution in [0.3, 0.4) is 0 Å². The fourth-order valence-electron chi connectivity index (χ4n) is 3.61. The number of halogens is 3. The largest absolute Gasteiger partial charge is 0.355 e. The number of benzene rings is 3. The van der Waals surface area contributed by atoms with Gasteiger partial charge in [-0.15, -0.1) is 0 Å². The summed E-state index contributed by atoms with van der Waals surface area (Å²) in [4.78, 5) is 28.1. The molecule has 0 aliphatic carbocycles. The van der Waals surface area contributed by atoms with E-state index >= 15 is 0 Å². The molecule has 172 valence electrons. The minimum atomic E-state index is -0.847. The number of nitrogens with one attached hydrogen (secondary N) is 1. The summed E-state index contributed by atoms with van der Waals surface area (Å²) in [5.41, 5.74) is 1.67. The lowest BCUT2D eigenvalue weighted by Gasteiger charge is -2.32. The molecule has 0 aromatic heterocycles. The highest BCUT2D eigenvalue weighted by molar-refractivity contribution is 6.36. The number of rotatable bonds is 9. The van der Waals surface area contributed by atoms with Crippen LogP contribution in [0.5, 0.6) is 0 Å². The molecule has 3 rings (SSSR count). The second-order valence-electron chi connectivity index (χ2n) is 7.59. The molecule has 3 aromatic rings. The van der Waals surface area contributed by atoms with E-state index < -0.39 is 11.9 Å². The highest BCUT2D eigenvalue weighted by atomic mass is 35.5. The van der Waals surface area contributed by atoms with Crippen LogP contribution in [0.15, 0.2) is 72.8 Å². The number of nitrogens with zero attached hydrogens (tertiary/aromatic N) is 1. The Morgan fingerprint density at radius 2 is 1.58 bits per heavy atom. The van der Waals surface area contributed by atoms with Crippen molar-refractivity contribution < 1.29 is 14.0 Å². The molecular weight excluding hydrogens is 462 g/mol. The second-order valence-corrected chi connectivity index (χ2v) is 8.40. The molecular formula is C26H25Cl2FN2O2. The van der Waals surface area contributed by atoms with Crippen molar-refractivity contribution in [3.8, 4) is 0 Å². The van der Waals surface area contributed by atoms with Crippen molar-refractivity contribution in [2.45, 2.75) is 32.4 Å². The first-order valence-electron chi connectivity index (χ1n) is 10.7. The summed E-state index contributed by atoms with van der Waals surface area (Å²) in [5.74, 6) is -1.13. The molecule has 0 unspecified atom stereocenters. The summed E-state index contributed by atoms with van der Waals surface area (Å²) in [5, 5.41) is 3.53. The van der Waals surface area contributed by atoms with Crippen LogP contribution in [-0.4, -0.2) is 29.3 Å². The predicted octanol–water partition coefficient (Wildman–Crippen LogP) is 5.45. The summed E-state index contributed by atoms with van der Waals surface area (Å²) >= 11 is 12.6. The summed E-state index contributed by atoms with van der Waals surface area (Å²) < 4.78 is 14.5. The van der Waals surface area contributed by atoms with Gasteiger partial charge in [-0.2, -0.15) is 0 Å². The molecule has 0 aliphatic rings. The maximum atomic E-state index is 14.5. The summed E-state index contributed by atoms with van der Waals surface area (Å²) in [7, 11) is 0. The molecule has 4 nitrogen and oxygen atoms in total. The number of carbonyl (C=O) groups is 2. The topological polar surface area (TPSA) is 49.4 Å². The van der Waals surface area contributed by atoms with Gasteiger partial charge in [-0.05, 0) is 36.2 Å². The third kappa shape index (κ3) is 6.56. The number of hydrogen-bond donors (Lipinski definition) is 1. The Kier molecular flexibility index (Phi) is 8.87. The van der Waals surface area contributed by atoms with Gasteiger partial charge >= 0.3 is 0 Å². The van der Waals surface area contributed by atoms with Gasteiger partial charge in [0.25, 0.3) is 0 Å². The van der Waals surface area contributed by atoms with Crippen molar-refractivity contribution in [1.82, 2.24) is 10.2 Å². The molecule has 0 spiro atoms. The smallest absolute Gasteiger partial charge is 0.243 e. The number of hydrogen-bond acceptors (Lipinski definition) is 2. The molecule has 0 heterocycles. The molecule has 7 heteroatoms. The maximum Gasteiger partial charge on any atom is 0.243 e. The number of likely N-dealkylation sites (N-methyl/N-ethyl adjacent to an activating group) is 1. The molecule has 0 aliphatic heterocycles. The average molecular weight is 487 g/mol. The molecule has 0 radical (unpaired) electrons. The summed E-state index contributed by atoms with van der Waals surface area (Å²) in [6.07, 6.45) is 0.167. The molecule has 0 saturated heterocycles. The highest BCUT2D eigenvalue weighted by Gasteiger charge is 2.31. The van der Waals surface area contributed by atoms with Crippen LogP contribution in [0.25, 0.3) is 0 Å². The number of carbonyl (C=O) groups excluding carboxylic acids is 2. The van der Waals surface area contributed by atoms with Crippen LogP contribution in [0, 0.1) is 5.82 Å². The summed E-state index contributed by atoms with van der Waals surface area (Å²) in [6.45, 7) is 2.15. The van der Waals surface area contributed by atoms with Crippen LogP contribution in [0.2, 0.25) is 10.0 Å². The Labute approximate surface area is 203 Å². The van der Waals surface area contributed by atoms with Gasteiger partial charge in [-0.3, -0.25) is 9.59 Å². The fourth-order valence-corrected chi connectivity index (χ4v) is 4.14. The van der Waals surface area contributed by atoms with Crippen molar-refractivity contribution in [2.75, 3.05) is 6.54 Å². The lowest BCUT2D eigenvalue weighted by atomic mass is 10.0. The molecule has 0 bridgehead atoms. The molecule has 0 saturated carbocycles. The van der Waals surface area contributed by atoms with Crippen molar-refractivity contribution in [3.05, 3.63) is 105 Å². The third-order valence-electron chi connectivity index (χ3n) is 5.31. The van der Waals surface area contributed by atoms with Crippen LogP contribution in [-0.2, 0) is 29.0 Å². The molecule has 1 N–H and O–H groups in total. The monoisotopic (exact) mass is 486 g/mol. The van der Waals surface area contributed by atoms with E-state index in [1.165, 1.54) is 11.0 Å². The molecule has 0 fully saturated rings. The minimum absolute atomic E-state index is 0.0672. The lowest BCUT2D eigenvalue weighted by Crippen LogP contribution is -2.51. The minimum Gasteiger partial charge on any atom is -0.355 e. The van der Waals surface area contributed by atoms with Gasteiger partial charge in [0.15, 0.2) is 0 Å². The molecule has 1 atom stereocenters. The van der Waals surface area contributed by atoms with Crippen molar-refractivity contribution in [1.29, 1.82) is 0 Å². The van der Waals surface area contributed by atoms with Gasteiger partial charge < -0.3 is 10.2 Å². The zero-order valence-electron chi connectivity index (χ0n) is 18.2. The van der Waals surface area contributed by atoms with Crippen molar-refractivity contribution in [3.63, 3.8) is 0 Å². The van der Waals surface area contributed by atoms with Crippen LogP contribution >= 0.6 is 23.2 Å². The maximum absolute atomic E-state index is 14.5. The number of amides is 2. The summed E-state index contributed by atoms with van der Waals surface area (Å²) in [6, 6.07) is 19.8. The van der Waals surface area contributed by atoms with Gasteiger partial charge in [0.05, 0.1) is 6.42 Å². The van der Waals surface area contributed by atoms with E-state index in [1.54, 1.807) is 36.4 Å². The van der Waals surface area contributed by atoms with Crippen molar-refractivity contribution in [2.24, 2.45) is 0 Å². The Balaban J connectivity index is 2.01. The van der Waals surface area contributed by atoms with Gasteiger partial charge in [-0.1, -0.05) is 77.8 Å². The molecule has 2 amide bonds. The Hall–Kier alpha value is -2.89. The SMILES string of the molecule is CCNC(=O)[C@H](Cc1ccccc1)N(Cc1ccccc1F)C(=O)Cc1c(Cl)cccc1Cl. The fraction of sp³-hybridized carbons (Fsp3) is 0.231. The first-order chi connectivity index (χ1) is 15.9. The van der Waals surface area contributed by atoms with Crippen LogP contribution in [0.4, 0.5) is 4.39 Å². The van der Waals surface area contributed by atoms with Gasteiger partial charge in [-0.25, -0.2) is 4.39 Å². The standard InChI is InChI=1S/C26H25Cl2FN2O2/c1-2-30-26(33)24(15-18-9-4-3-5-10-18)31(17-19-11-6-7-14-23(19)29)25(32)16-20-21(27)12-8-13-22(20)28/h3-14,24H,2,15-17H2,1H3,(H,30,33)/t24-/m0/s1.